The Morgan fingerprint density at radius 2 is 2.03 bits per heavy atom. The lowest BCUT2D eigenvalue weighted by atomic mass is 9.78. The maximum Gasteiger partial charge on any atom is 0.152 e. The summed E-state index contributed by atoms with van der Waals surface area (Å²) in [5.74, 6) is 0.479. The number of anilines is 1. The number of nitrogens with two attached hydrogens (primary N) is 1. The van der Waals surface area contributed by atoms with Crippen LogP contribution in [0.4, 0.5) is 10.2 Å². The molecule has 7 nitrogen and oxygen atoms in total. The lowest BCUT2D eigenvalue weighted by molar-refractivity contribution is 0.133. The highest BCUT2D eigenvalue weighted by molar-refractivity contribution is 6.34. The quantitative estimate of drug-likeness (QED) is 0.757. The van der Waals surface area contributed by atoms with Gasteiger partial charge in [-0.3, -0.25) is 0 Å². The standard InChI is InChI=1S/C20H23ClFN3O3.CH5N/c1-27-16-3-2-13(22)17(18(16)21)14-10-23-19(15(11-26)24-14)25-7-4-20(5-8-25)6-9-28-12-20;1-2/h2-3,10,26H,4-9,11-12H2,1H3;2H2,1H3. The second-order valence-electron chi connectivity index (χ2n) is 7.41. The highest BCUT2D eigenvalue weighted by atomic mass is 35.5. The number of hydrogen-bond acceptors (Lipinski definition) is 7. The number of methoxy groups -OCH3 is 1. The smallest absolute Gasteiger partial charge is 0.152 e. The third-order valence-corrected chi connectivity index (χ3v) is 6.19. The molecular formula is C21H28ClFN4O3. The van der Waals surface area contributed by atoms with Gasteiger partial charge in [-0.25, -0.2) is 14.4 Å². The van der Waals surface area contributed by atoms with E-state index in [1.807, 2.05) is 0 Å². The number of hydrogen-bond donors (Lipinski definition) is 2. The van der Waals surface area contributed by atoms with E-state index in [4.69, 9.17) is 21.1 Å². The van der Waals surface area contributed by atoms with Crippen LogP contribution in [-0.4, -0.2) is 55.5 Å². The molecule has 0 radical (unpaired) electrons. The Kier molecular flexibility index (Phi) is 7.46. The summed E-state index contributed by atoms with van der Waals surface area (Å²) in [7, 11) is 2.97. The largest absolute Gasteiger partial charge is 0.495 e. The molecule has 0 saturated carbocycles. The van der Waals surface area contributed by atoms with Crippen LogP contribution < -0.4 is 15.4 Å². The van der Waals surface area contributed by atoms with Gasteiger partial charge in [-0.2, -0.15) is 0 Å². The normalized spacial score (nSPS) is 17.6. The summed E-state index contributed by atoms with van der Waals surface area (Å²) in [6, 6.07) is 2.74. The first-order chi connectivity index (χ1) is 14.6. The average Bonchev–Trinajstić information content (AvgIpc) is 3.24. The van der Waals surface area contributed by atoms with Crippen LogP contribution in [0.1, 0.15) is 25.0 Å². The van der Waals surface area contributed by atoms with Crippen molar-refractivity contribution in [2.24, 2.45) is 11.1 Å². The molecule has 2 aliphatic heterocycles. The molecular weight excluding hydrogens is 411 g/mol. The summed E-state index contributed by atoms with van der Waals surface area (Å²) in [5, 5.41) is 10.00. The second kappa shape index (κ2) is 9.87. The van der Waals surface area contributed by atoms with E-state index in [0.29, 0.717) is 17.3 Å². The number of nitrogens with zero attached hydrogens (tertiary/aromatic N) is 3. The lowest BCUT2D eigenvalue weighted by Crippen LogP contribution is -2.41. The van der Waals surface area contributed by atoms with Crippen molar-refractivity contribution in [3.63, 3.8) is 0 Å². The molecule has 3 heterocycles. The SMILES string of the molecule is CN.COc1ccc(F)c(-c2cnc(N3CCC4(CCOC4)CC3)c(CO)n2)c1Cl. The summed E-state index contributed by atoms with van der Waals surface area (Å²) in [5.41, 5.74) is 5.58. The molecule has 0 unspecified atom stereocenters. The van der Waals surface area contributed by atoms with Crippen LogP contribution >= 0.6 is 11.6 Å². The first kappa shape index (κ1) is 22.7. The minimum atomic E-state index is -0.516. The van der Waals surface area contributed by atoms with Gasteiger partial charge in [0.25, 0.3) is 0 Å². The summed E-state index contributed by atoms with van der Waals surface area (Å²) in [6.07, 6.45) is 4.66. The van der Waals surface area contributed by atoms with Crippen molar-refractivity contribution in [1.29, 1.82) is 0 Å². The molecule has 30 heavy (non-hydrogen) atoms. The van der Waals surface area contributed by atoms with E-state index in [0.717, 1.165) is 45.6 Å². The van der Waals surface area contributed by atoms with Gasteiger partial charge in [-0.1, -0.05) is 11.6 Å². The van der Waals surface area contributed by atoms with E-state index in [2.05, 4.69) is 20.6 Å². The number of ether oxygens (including phenoxy) is 2. The molecule has 9 heteroatoms. The third kappa shape index (κ3) is 4.37. The van der Waals surface area contributed by atoms with Gasteiger partial charge in [0, 0.05) is 19.7 Å². The van der Waals surface area contributed by atoms with E-state index in [1.165, 1.54) is 32.5 Å². The highest BCUT2D eigenvalue weighted by Crippen LogP contribution is 2.41. The third-order valence-electron chi connectivity index (χ3n) is 5.81. The Labute approximate surface area is 181 Å². The van der Waals surface area contributed by atoms with Crippen LogP contribution in [0, 0.1) is 11.2 Å². The number of piperidine rings is 1. The first-order valence-corrected chi connectivity index (χ1v) is 10.3. The summed E-state index contributed by atoms with van der Waals surface area (Å²) >= 11 is 6.28. The minimum Gasteiger partial charge on any atom is -0.495 e. The highest BCUT2D eigenvalue weighted by Gasteiger charge is 2.38. The fourth-order valence-electron chi connectivity index (χ4n) is 4.07. The molecule has 2 aliphatic rings. The van der Waals surface area contributed by atoms with Crippen molar-refractivity contribution < 1.29 is 19.0 Å². The number of benzene rings is 1. The Morgan fingerprint density at radius 1 is 1.30 bits per heavy atom. The van der Waals surface area contributed by atoms with Crippen LogP contribution in [0.25, 0.3) is 11.3 Å². The molecule has 3 N–H and O–H groups in total. The summed E-state index contributed by atoms with van der Waals surface area (Å²) in [4.78, 5) is 11.1. The molecule has 2 saturated heterocycles. The van der Waals surface area contributed by atoms with Crippen molar-refractivity contribution in [1.82, 2.24) is 9.97 Å². The molecule has 0 atom stereocenters. The van der Waals surface area contributed by atoms with Crippen molar-refractivity contribution in [2.45, 2.75) is 25.9 Å². The lowest BCUT2D eigenvalue weighted by Gasteiger charge is -2.39. The molecule has 1 aromatic heterocycles. The fraction of sp³-hybridized carbons (Fsp3) is 0.524. The average molecular weight is 439 g/mol. The van der Waals surface area contributed by atoms with Gasteiger partial charge >= 0.3 is 0 Å². The zero-order valence-electron chi connectivity index (χ0n) is 17.3. The van der Waals surface area contributed by atoms with Crippen LogP contribution in [0.2, 0.25) is 5.02 Å². The molecule has 4 rings (SSSR count). The maximum atomic E-state index is 14.4. The Bertz CT molecular complexity index is 868. The van der Waals surface area contributed by atoms with E-state index >= 15 is 0 Å². The van der Waals surface area contributed by atoms with Gasteiger partial charge in [0.05, 0.1) is 42.8 Å². The molecule has 2 fully saturated rings. The van der Waals surface area contributed by atoms with Crippen LogP contribution in [0.3, 0.4) is 0 Å². The molecule has 0 amide bonds. The summed E-state index contributed by atoms with van der Waals surface area (Å²) in [6.45, 7) is 3.04. The first-order valence-electron chi connectivity index (χ1n) is 9.96. The minimum absolute atomic E-state index is 0.121. The monoisotopic (exact) mass is 438 g/mol. The second-order valence-corrected chi connectivity index (χ2v) is 7.79. The van der Waals surface area contributed by atoms with Crippen LogP contribution in [0.15, 0.2) is 18.3 Å². The van der Waals surface area contributed by atoms with Crippen molar-refractivity contribution in [2.75, 3.05) is 45.4 Å². The van der Waals surface area contributed by atoms with Gasteiger partial charge in [0.2, 0.25) is 0 Å². The molecule has 0 bridgehead atoms. The number of aliphatic hydroxyl groups is 1. The number of aromatic nitrogens is 2. The van der Waals surface area contributed by atoms with E-state index in [1.54, 1.807) is 0 Å². The molecule has 2 aromatic rings. The van der Waals surface area contributed by atoms with Crippen LogP contribution in [-0.2, 0) is 11.3 Å². The van der Waals surface area contributed by atoms with Crippen molar-refractivity contribution in [3.05, 3.63) is 34.9 Å². The number of aliphatic hydroxyl groups excluding tert-OH is 1. The van der Waals surface area contributed by atoms with Gasteiger partial charge in [0.15, 0.2) is 5.82 Å². The molecule has 164 valence electrons. The Hall–Kier alpha value is -2.00. The topological polar surface area (TPSA) is 93.7 Å². The Balaban J connectivity index is 0.00000124. The van der Waals surface area contributed by atoms with E-state index in [9.17, 15) is 9.50 Å². The predicted octanol–water partition coefficient (Wildman–Crippen LogP) is 3.02. The van der Waals surface area contributed by atoms with Gasteiger partial charge in [-0.05, 0) is 43.9 Å². The molecule has 0 aliphatic carbocycles. The fourth-order valence-corrected chi connectivity index (χ4v) is 4.40. The molecule has 1 aromatic carbocycles. The summed E-state index contributed by atoms with van der Waals surface area (Å²) < 4.78 is 25.2. The van der Waals surface area contributed by atoms with Crippen molar-refractivity contribution >= 4 is 17.4 Å². The van der Waals surface area contributed by atoms with Gasteiger partial charge in [-0.15, -0.1) is 0 Å². The van der Waals surface area contributed by atoms with Gasteiger partial charge < -0.3 is 25.2 Å². The molecule has 1 spiro atoms. The zero-order valence-corrected chi connectivity index (χ0v) is 18.1. The van der Waals surface area contributed by atoms with Crippen molar-refractivity contribution in [3.8, 4) is 17.0 Å². The zero-order chi connectivity index (χ0) is 21.7. The Morgan fingerprint density at radius 3 is 2.63 bits per heavy atom. The van der Waals surface area contributed by atoms with E-state index < -0.39 is 5.82 Å². The predicted molar refractivity (Wildman–Crippen MR) is 114 cm³/mol. The van der Waals surface area contributed by atoms with E-state index in [-0.39, 0.29) is 28.3 Å². The number of rotatable bonds is 4. The number of halogens is 2. The van der Waals surface area contributed by atoms with Gasteiger partial charge in [0.1, 0.15) is 17.3 Å². The maximum absolute atomic E-state index is 14.4. The van der Waals surface area contributed by atoms with Crippen LogP contribution in [0.5, 0.6) is 5.75 Å².